The van der Waals surface area contributed by atoms with E-state index >= 15 is 0 Å². The quantitative estimate of drug-likeness (QED) is 0.712. The van der Waals surface area contributed by atoms with Gasteiger partial charge in [0.25, 0.3) is 10.0 Å². The Kier molecular flexibility index (Phi) is 5.04. The van der Waals surface area contributed by atoms with Crippen LogP contribution in [-0.4, -0.2) is 53.3 Å². The van der Waals surface area contributed by atoms with E-state index in [1.165, 1.54) is 16.4 Å². The molecule has 1 fully saturated rings. The molecule has 2 aliphatic heterocycles. The lowest BCUT2D eigenvalue weighted by atomic mass is 10.2. The summed E-state index contributed by atoms with van der Waals surface area (Å²) >= 11 is 3.33. The molecule has 2 heterocycles. The minimum atomic E-state index is -4.06. The van der Waals surface area contributed by atoms with Crippen molar-refractivity contribution in [2.24, 2.45) is 4.40 Å². The van der Waals surface area contributed by atoms with E-state index < -0.39 is 20.0 Å². The van der Waals surface area contributed by atoms with Gasteiger partial charge >= 0.3 is 0 Å². The average Bonchev–Trinajstić information content (AvgIpc) is 2.68. The van der Waals surface area contributed by atoms with Crippen molar-refractivity contribution in [2.75, 3.05) is 31.6 Å². The fraction of sp³-hybridized carbons (Fsp3) is 0.235. The summed E-state index contributed by atoms with van der Waals surface area (Å²) in [5, 5.41) is 2.97. The van der Waals surface area contributed by atoms with Crippen LogP contribution < -0.4 is 5.32 Å². The topological polar surface area (TPSA) is 105 Å². The van der Waals surface area contributed by atoms with E-state index in [-0.39, 0.29) is 34.4 Å². The molecule has 0 aromatic heterocycles. The molecule has 8 nitrogen and oxygen atoms in total. The number of nitrogens with zero attached hydrogens (tertiary/aromatic N) is 2. The summed E-state index contributed by atoms with van der Waals surface area (Å²) in [4.78, 5) is -0.247. The van der Waals surface area contributed by atoms with Crippen molar-refractivity contribution in [3.05, 3.63) is 52.5 Å². The third-order valence-corrected chi connectivity index (χ3v) is 8.16. The summed E-state index contributed by atoms with van der Waals surface area (Å²) < 4.78 is 62.2. The third-order valence-electron chi connectivity index (χ3n) is 4.42. The molecule has 0 radical (unpaired) electrons. The molecular formula is C17H16BrN3O5S2. The highest BCUT2D eigenvalue weighted by molar-refractivity contribution is 9.10. The van der Waals surface area contributed by atoms with Crippen LogP contribution in [-0.2, 0) is 24.8 Å². The number of sulfonamides is 2. The zero-order chi connectivity index (χ0) is 19.9. The SMILES string of the molecule is O=S1(=O)N=C(c2ccc(Br)cc2)Nc2ccc(S(=O)(=O)N3CCOCC3)cc21. The average molecular weight is 486 g/mol. The second kappa shape index (κ2) is 7.23. The normalized spacial score (nSPS) is 19.4. The van der Waals surface area contributed by atoms with Gasteiger partial charge in [-0.15, -0.1) is 4.40 Å². The number of amidine groups is 1. The van der Waals surface area contributed by atoms with Gasteiger partial charge in [0.05, 0.1) is 23.8 Å². The van der Waals surface area contributed by atoms with Crippen LogP contribution in [0.15, 0.2) is 61.1 Å². The Hall–Kier alpha value is -1.79. The van der Waals surface area contributed by atoms with Gasteiger partial charge in [-0.1, -0.05) is 28.1 Å². The van der Waals surface area contributed by atoms with Crippen LogP contribution in [0.3, 0.4) is 0 Å². The van der Waals surface area contributed by atoms with Crippen molar-refractivity contribution >= 4 is 47.5 Å². The number of morpholine rings is 1. The molecule has 1 saturated heterocycles. The Morgan fingerprint density at radius 1 is 1.07 bits per heavy atom. The Balaban J connectivity index is 1.72. The minimum absolute atomic E-state index is 0.0826. The van der Waals surface area contributed by atoms with Crippen LogP contribution in [0.4, 0.5) is 5.69 Å². The first-order chi connectivity index (χ1) is 13.3. The van der Waals surface area contributed by atoms with E-state index in [1.54, 1.807) is 24.3 Å². The first kappa shape index (κ1) is 19.5. The van der Waals surface area contributed by atoms with Gasteiger partial charge in [-0.05, 0) is 30.3 Å². The smallest absolute Gasteiger partial charge is 0.286 e. The Bertz CT molecular complexity index is 1160. The Morgan fingerprint density at radius 3 is 2.43 bits per heavy atom. The zero-order valence-corrected chi connectivity index (χ0v) is 17.7. The van der Waals surface area contributed by atoms with Crippen LogP contribution in [0.5, 0.6) is 0 Å². The fourth-order valence-electron chi connectivity index (χ4n) is 2.97. The van der Waals surface area contributed by atoms with Crippen molar-refractivity contribution < 1.29 is 21.6 Å². The van der Waals surface area contributed by atoms with Crippen molar-refractivity contribution in [3.8, 4) is 0 Å². The van der Waals surface area contributed by atoms with Crippen molar-refractivity contribution in [3.63, 3.8) is 0 Å². The van der Waals surface area contributed by atoms with Gasteiger partial charge in [0.1, 0.15) is 4.90 Å². The molecule has 0 atom stereocenters. The Labute approximate surface area is 171 Å². The molecule has 4 rings (SSSR count). The maximum absolute atomic E-state index is 12.8. The number of halogens is 1. The highest BCUT2D eigenvalue weighted by Gasteiger charge is 2.31. The lowest BCUT2D eigenvalue weighted by molar-refractivity contribution is 0.0730. The summed E-state index contributed by atoms with van der Waals surface area (Å²) in [6, 6.07) is 11.0. The number of hydrogen-bond acceptors (Lipinski definition) is 6. The molecule has 11 heteroatoms. The summed E-state index contributed by atoms with van der Waals surface area (Å²) in [5.41, 5.74) is 0.885. The van der Waals surface area contributed by atoms with Gasteiger partial charge in [0.15, 0.2) is 5.84 Å². The number of benzene rings is 2. The predicted octanol–water partition coefficient (Wildman–Crippen LogP) is 2.03. The molecule has 0 amide bonds. The number of fused-ring (bicyclic) bond motifs is 1. The predicted molar refractivity (Wildman–Crippen MR) is 108 cm³/mol. The molecule has 28 heavy (non-hydrogen) atoms. The molecule has 0 bridgehead atoms. The number of nitrogens with one attached hydrogen (secondary N) is 1. The first-order valence-corrected chi connectivity index (χ1v) is 12.0. The van der Waals surface area contributed by atoms with Crippen LogP contribution >= 0.6 is 15.9 Å². The van der Waals surface area contributed by atoms with Gasteiger partial charge in [-0.2, -0.15) is 12.7 Å². The molecule has 0 aliphatic carbocycles. The molecule has 2 aliphatic rings. The van der Waals surface area contributed by atoms with E-state index in [0.29, 0.717) is 18.8 Å². The second-order valence-electron chi connectivity index (χ2n) is 6.22. The highest BCUT2D eigenvalue weighted by Crippen LogP contribution is 2.32. The maximum atomic E-state index is 12.8. The third kappa shape index (κ3) is 3.60. The molecule has 0 saturated carbocycles. The van der Waals surface area contributed by atoms with E-state index in [0.717, 1.165) is 10.5 Å². The Morgan fingerprint density at radius 2 is 1.75 bits per heavy atom. The van der Waals surface area contributed by atoms with Gasteiger partial charge < -0.3 is 10.1 Å². The van der Waals surface area contributed by atoms with Crippen molar-refractivity contribution in [1.82, 2.24) is 4.31 Å². The summed E-state index contributed by atoms with van der Waals surface area (Å²) in [6.07, 6.45) is 0. The lowest BCUT2D eigenvalue weighted by Gasteiger charge is -2.26. The van der Waals surface area contributed by atoms with Gasteiger partial charge in [0.2, 0.25) is 10.0 Å². The van der Waals surface area contributed by atoms with Crippen LogP contribution in [0.1, 0.15) is 5.56 Å². The van der Waals surface area contributed by atoms with E-state index in [2.05, 4.69) is 25.6 Å². The van der Waals surface area contributed by atoms with E-state index in [9.17, 15) is 16.8 Å². The fourth-order valence-corrected chi connectivity index (χ4v) is 5.90. The monoisotopic (exact) mass is 485 g/mol. The van der Waals surface area contributed by atoms with Crippen molar-refractivity contribution in [2.45, 2.75) is 9.79 Å². The summed E-state index contributed by atoms with van der Waals surface area (Å²) in [5.74, 6) is 0.184. The second-order valence-corrected chi connectivity index (χ2v) is 10.6. The first-order valence-electron chi connectivity index (χ1n) is 8.37. The largest absolute Gasteiger partial charge is 0.379 e. The number of hydrogen-bond donors (Lipinski definition) is 1. The molecule has 1 N–H and O–H groups in total. The standard InChI is InChI=1S/C17H16BrN3O5S2/c18-13-3-1-12(2-4-13)17-19-15-6-5-14(11-16(15)27(22,23)20-17)28(24,25)21-7-9-26-10-8-21/h1-6,11H,7-10H2,(H,19,20). The highest BCUT2D eigenvalue weighted by atomic mass is 79.9. The van der Waals surface area contributed by atoms with Gasteiger partial charge in [-0.3, -0.25) is 0 Å². The summed E-state index contributed by atoms with van der Waals surface area (Å²) in [7, 11) is -7.87. The molecule has 0 unspecified atom stereocenters. The summed E-state index contributed by atoms with van der Waals surface area (Å²) in [6.45, 7) is 1.09. The number of anilines is 1. The number of rotatable bonds is 3. The molecule has 0 spiro atoms. The van der Waals surface area contributed by atoms with Crippen molar-refractivity contribution in [1.29, 1.82) is 0 Å². The van der Waals surface area contributed by atoms with Crippen LogP contribution in [0, 0.1) is 0 Å². The minimum Gasteiger partial charge on any atom is -0.379 e. The van der Waals surface area contributed by atoms with Gasteiger partial charge in [0, 0.05) is 23.1 Å². The molecular weight excluding hydrogens is 470 g/mol. The molecule has 2 aromatic rings. The lowest BCUT2D eigenvalue weighted by Crippen LogP contribution is -2.40. The maximum Gasteiger partial charge on any atom is 0.286 e. The van der Waals surface area contributed by atoms with E-state index in [4.69, 9.17) is 4.74 Å². The number of ether oxygens (including phenoxy) is 1. The van der Waals surface area contributed by atoms with Gasteiger partial charge in [-0.25, -0.2) is 8.42 Å². The zero-order valence-electron chi connectivity index (χ0n) is 14.5. The van der Waals surface area contributed by atoms with Crippen LogP contribution in [0.2, 0.25) is 0 Å². The van der Waals surface area contributed by atoms with Crippen LogP contribution in [0.25, 0.3) is 0 Å². The molecule has 2 aromatic carbocycles. The van der Waals surface area contributed by atoms with E-state index in [1.807, 2.05) is 0 Å². The molecule has 148 valence electrons.